The molecule has 0 spiro atoms. The smallest absolute Gasteiger partial charge is 0.289 e. The first-order valence-corrected chi connectivity index (χ1v) is 6.72. The van der Waals surface area contributed by atoms with Crippen LogP contribution in [0.4, 0.5) is 4.39 Å². The summed E-state index contributed by atoms with van der Waals surface area (Å²) in [7, 11) is 2.83. The molecule has 0 saturated carbocycles. The van der Waals surface area contributed by atoms with Gasteiger partial charge in [-0.15, -0.1) is 0 Å². The average molecular weight is 308 g/mol. The number of nitrogens with zero attached hydrogens (tertiary/aromatic N) is 2. The van der Waals surface area contributed by atoms with Crippen LogP contribution < -0.4 is 0 Å². The number of carbonyl (C=O) groups excluding carboxylic acids is 2. The molecule has 7 heteroatoms. The summed E-state index contributed by atoms with van der Waals surface area (Å²) in [5.74, 6) is -2.01. The second-order valence-corrected chi connectivity index (χ2v) is 4.95. The van der Waals surface area contributed by atoms with Crippen LogP contribution >= 0.6 is 0 Å². The molecule has 2 rings (SSSR count). The van der Waals surface area contributed by atoms with Crippen molar-refractivity contribution >= 4 is 11.8 Å². The second kappa shape index (κ2) is 6.57. The Morgan fingerprint density at radius 2 is 2.05 bits per heavy atom. The van der Waals surface area contributed by atoms with Gasteiger partial charge in [0.25, 0.3) is 11.8 Å². The normalized spacial score (nSPS) is 14.7. The third-order valence-corrected chi connectivity index (χ3v) is 3.45. The van der Waals surface area contributed by atoms with E-state index in [1.165, 1.54) is 31.2 Å². The molecule has 1 aromatic rings. The summed E-state index contributed by atoms with van der Waals surface area (Å²) in [6.45, 7) is 0.259. The van der Waals surface area contributed by atoms with E-state index in [0.29, 0.717) is 6.42 Å². The van der Waals surface area contributed by atoms with Gasteiger partial charge in [-0.25, -0.2) is 9.45 Å². The van der Waals surface area contributed by atoms with Gasteiger partial charge in [0.1, 0.15) is 5.82 Å². The van der Waals surface area contributed by atoms with Crippen molar-refractivity contribution < 1.29 is 23.9 Å². The van der Waals surface area contributed by atoms with E-state index in [9.17, 15) is 19.1 Å². The maximum absolute atomic E-state index is 12.8. The third-order valence-electron chi connectivity index (χ3n) is 3.45. The van der Waals surface area contributed by atoms with Gasteiger partial charge in [0.15, 0.2) is 5.76 Å². The number of hydroxylamine groups is 2. The zero-order valence-corrected chi connectivity index (χ0v) is 12.4. The molecule has 118 valence electrons. The minimum Gasteiger partial charge on any atom is -0.503 e. The fraction of sp³-hybridized carbons (Fsp3) is 0.333. The molecule has 0 atom stereocenters. The van der Waals surface area contributed by atoms with Gasteiger partial charge >= 0.3 is 0 Å². The Morgan fingerprint density at radius 3 is 2.55 bits per heavy atom. The number of amides is 2. The highest BCUT2D eigenvalue weighted by atomic mass is 19.1. The lowest BCUT2D eigenvalue weighted by Crippen LogP contribution is -2.34. The van der Waals surface area contributed by atoms with Gasteiger partial charge in [-0.2, -0.15) is 0 Å². The van der Waals surface area contributed by atoms with Gasteiger partial charge < -0.3 is 10.0 Å². The van der Waals surface area contributed by atoms with E-state index in [0.717, 1.165) is 10.6 Å². The molecule has 6 nitrogen and oxygen atoms in total. The van der Waals surface area contributed by atoms with E-state index < -0.39 is 17.6 Å². The number of aliphatic hydroxyl groups excluding tert-OH is 1. The van der Waals surface area contributed by atoms with Crippen molar-refractivity contribution in [2.24, 2.45) is 0 Å². The van der Waals surface area contributed by atoms with Crippen molar-refractivity contribution in [2.45, 2.75) is 6.42 Å². The van der Waals surface area contributed by atoms with Gasteiger partial charge in [0.2, 0.25) is 0 Å². The topological polar surface area (TPSA) is 70.1 Å². The zero-order chi connectivity index (χ0) is 16.3. The summed E-state index contributed by atoms with van der Waals surface area (Å²) in [5.41, 5.74) is 0.850. The predicted octanol–water partition coefficient (Wildman–Crippen LogP) is 1.04. The van der Waals surface area contributed by atoms with Crippen molar-refractivity contribution in [3.63, 3.8) is 0 Å². The molecule has 0 aliphatic carbocycles. The standard InChI is InChI=1S/C15H17FN2O4/c1-17-9-12(13(19)15(17)21)14(20)18(22-2)8-7-10-3-5-11(16)6-4-10/h3-6,19H,7-9H2,1-2H3. The van der Waals surface area contributed by atoms with Crippen molar-refractivity contribution in [2.75, 3.05) is 27.2 Å². The molecule has 1 heterocycles. The summed E-state index contributed by atoms with van der Waals surface area (Å²) >= 11 is 0. The first-order valence-electron chi connectivity index (χ1n) is 6.72. The summed E-state index contributed by atoms with van der Waals surface area (Å²) in [5, 5.41) is 10.8. The molecule has 0 aromatic heterocycles. The van der Waals surface area contributed by atoms with Crippen LogP contribution in [0.3, 0.4) is 0 Å². The average Bonchev–Trinajstić information content (AvgIpc) is 2.77. The van der Waals surface area contributed by atoms with Gasteiger partial charge in [-0.3, -0.25) is 14.4 Å². The van der Waals surface area contributed by atoms with Crippen molar-refractivity contribution in [3.05, 3.63) is 47.0 Å². The van der Waals surface area contributed by atoms with Gasteiger partial charge in [0, 0.05) is 7.05 Å². The minimum absolute atomic E-state index is 0.00783. The number of aliphatic hydroxyl groups is 1. The summed E-state index contributed by atoms with van der Waals surface area (Å²) < 4.78 is 12.8. The van der Waals surface area contributed by atoms with Gasteiger partial charge in [-0.05, 0) is 24.1 Å². The maximum Gasteiger partial charge on any atom is 0.289 e. The maximum atomic E-state index is 12.8. The molecule has 2 amide bonds. The Balaban J connectivity index is 2.04. The number of hydrogen-bond donors (Lipinski definition) is 1. The van der Waals surface area contributed by atoms with Gasteiger partial charge in [0.05, 0.1) is 25.8 Å². The summed E-state index contributed by atoms with van der Waals surface area (Å²) in [4.78, 5) is 30.1. The highest BCUT2D eigenvalue weighted by molar-refractivity contribution is 6.06. The second-order valence-electron chi connectivity index (χ2n) is 4.95. The number of carbonyl (C=O) groups is 2. The largest absolute Gasteiger partial charge is 0.503 e. The van der Waals surface area contributed by atoms with E-state index >= 15 is 0 Å². The first-order chi connectivity index (χ1) is 10.4. The molecule has 0 bridgehead atoms. The minimum atomic E-state index is -0.585. The Morgan fingerprint density at radius 1 is 1.41 bits per heavy atom. The molecule has 1 aromatic carbocycles. The highest BCUT2D eigenvalue weighted by Gasteiger charge is 2.34. The van der Waals surface area contributed by atoms with Crippen LogP contribution in [0, 0.1) is 5.82 Å². The van der Waals surface area contributed by atoms with E-state index in [1.807, 2.05) is 0 Å². The molecule has 1 N–H and O–H groups in total. The Bertz CT molecular complexity index is 612. The molecule has 0 radical (unpaired) electrons. The Kier molecular flexibility index (Phi) is 4.77. The monoisotopic (exact) mass is 308 g/mol. The highest BCUT2D eigenvalue weighted by Crippen LogP contribution is 2.18. The molecular formula is C15H17FN2O4. The molecule has 22 heavy (non-hydrogen) atoms. The lowest BCUT2D eigenvalue weighted by atomic mass is 10.1. The molecule has 0 saturated heterocycles. The molecule has 0 unspecified atom stereocenters. The SMILES string of the molecule is CON(CCc1ccc(F)cc1)C(=O)C1=C(O)C(=O)N(C)C1. The number of hydrogen-bond acceptors (Lipinski definition) is 4. The van der Waals surface area contributed by atoms with Crippen LogP contribution in [-0.4, -0.2) is 54.1 Å². The summed E-state index contributed by atoms with van der Waals surface area (Å²) in [6.07, 6.45) is 0.456. The fourth-order valence-corrected chi connectivity index (χ4v) is 2.17. The Labute approximate surface area is 127 Å². The quantitative estimate of drug-likeness (QED) is 0.825. The first kappa shape index (κ1) is 16.0. The molecule has 1 aliphatic heterocycles. The lowest BCUT2D eigenvalue weighted by molar-refractivity contribution is -0.171. The van der Waals surface area contributed by atoms with Crippen molar-refractivity contribution in [1.82, 2.24) is 9.96 Å². The van der Waals surface area contributed by atoms with Crippen LogP contribution in [0.5, 0.6) is 0 Å². The van der Waals surface area contributed by atoms with Crippen molar-refractivity contribution in [3.8, 4) is 0 Å². The molecular weight excluding hydrogens is 291 g/mol. The number of benzene rings is 1. The van der Waals surface area contributed by atoms with E-state index in [-0.39, 0.29) is 24.5 Å². The van der Waals surface area contributed by atoms with Crippen LogP contribution in [0.2, 0.25) is 0 Å². The van der Waals surface area contributed by atoms with E-state index in [1.54, 1.807) is 12.1 Å². The van der Waals surface area contributed by atoms with Crippen LogP contribution in [-0.2, 0) is 20.8 Å². The fourth-order valence-electron chi connectivity index (χ4n) is 2.17. The van der Waals surface area contributed by atoms with Crippen LogP contribution in [0.25, 0.3) is 0 Å². The van der Waals surface area contributed by atoms with Crippen molar-refractivity contribution in [1.29, 1.82) is 0 Å². The zero-order valence-electron chi connectivity index (χ0n) is 12.4. The molecule has 0 fully saturated rings. The number of rotatable bonds is 5. The number of halogens is 1. The lowest BCUT2D eigenvalue weighted by Gasteiger charge is -2.20. The summed E-state index contributed by atoms with van der Waals surface area (Å²) in [6, 6.07) is 5.93. The Hall–Kier alpha value is -2.41. The third kappa shape index (κ3) is 3.25. The number of likely N-dealkylation sites (N-methyl/N-ethyl adjacent to an activating group) is 1. The van der Waals surface area contributed by atoms with Crippen LogP contribution in [0.1, 0.15) is 5.56 Å². The van der Waals surface area contributed by atoms with E-state index in [4.69, 9.17) is 4.84 Å². The predicted molar refractivity (Wildman–Crippen MR) is 76.1 cm³/mol. The van der Waals surface area contributed by atoms with Crippen LogP contribution in [0.15, 0.2) is 35.6 Å². The molecule has 1 aliphatic rings. The van der Waals surface area contributed by atoms with Gasteiger partial charge in [-0.1, -0.05) is 12.1 Å². The van der Waals surface area contributed by atoms with E-state index in [2.05, 4.69) is 0 Å².